The van der Waals surface area contributed by atoms with E-state index < -0.39 is 30.9 Å². The average molecular weight is 978 g/mol. The summed E-state index contributed by atoms with van der Waals surface area (Å²) in [5, 5.41) is 1.13. The first kappa shape index (κ1) is 46.7. The number of aromatic nitrogens is 4. The largest absolute Gasteiger partial charge is 0.330 e. The van der Waals surface area contributed by atoms with Crippen LogP contribution in [0.2, 0.25) is 10.0 Å². The van der Waals surface area contributed by atoms with Crippen molar-refractivity contribution in [2.45, 2.75) is 34.9 Å². The Balaban J connectivity index is 0.000000193. The van der Waals surface area contributed by atoms with Crippen LogP contribution in [0.4, 0.5) is 32.6 Å². The number of nitrogens with zero attached hydrogens (tertiary/aromatic N) is 8. The molecule has 0 bridgehead atoms. The van der Waals surface area contributed by atoms with Crippen molar-refractivity contribution >= 4 is 101 Å². The number of urea groups is 2. The quantitative estimate of drug-likeness (QED) is 0.0753. The topological polar surface area (TPSA) is 167 Å². The van der Waals surface area contributed by atoms with Crippen molar-refractivity contribution in [3.05, 3.63) is 154 Å². The number of carbonyl (C=O) groups is 2. The summed E-state index contributed by atoms with van der Waals surface area (Å²) in [5.74, 6) is 1.73. The van der Waals surface area contributed by atoms with E-state index in [0.717, 1.165) is 28.2 Å². The fraction of sp³-hybridized carbons (Fsp3) is 0.227. The second-order valence-corrected chi connectivity index (χ2v) is 21.5. The van der Waals surface area contributed by atoms with Crippen LogP contribution in [0.3, 0.4) is 0 Å². The molecule has 64 heavy (non-hydrogen) atoms. The Bertz CT molecular complexity index is 2870. The molecule has 6 aromatic rings. The predicted molar refractivity (Wildman–Crippen MR) is 256 cm³/mol. The lowest BCUT2D eigenvalue weighted by Gasteiger charge is -2.36. The van der Waals surface area contributed by atoms with Crippen LogP contribution in [0.15, 0.2) is 132 Å². The van der Waals surface area contributed by atoms with Crippen LogP contribution < -0.4 is 19.6 Å². The van der Waals surface area contributed by atoms with Gasteiger partial charge in [0, 0.05) is 54.4 Å². The second kappa shape index (κ2) is 20.7. The maximum Gasteiger partial charge on any atom is 0.330 e. The molecule has 0 saturated carbocycles. The number of hydrogen-bond acceptors (Lipinski definition) is 12. The van der Waals surface area contributed by atoms with Gasteiger partial charge in [0.1, 0.15) is 21.5 Å². The molecule has 2 aliphatic heterocycles. The van der Waals surface area contributed by atoms with Crippen molar-refractivity contribution < 1.29 is 26.4 Å². The Morgan fingerprint density at radius 1 is 0.641 bits per heavy atom. The SMILES string of the molecule is CS(=O)(=O)CCN1C(=O)N(c2ccccc2Cl)Cc2cnc(S(=O)(=O)Cc3ccccc3)nc21.CSCCN1C(=O)N(c2ccccc2Cl)Cc2cnc(SCc3ccccc3)nc21. The highest BCUT2D eigenvalue weighted by molar-refractivity contribution is 7.98. The average Bonchev–Trinajstić information content (AvgIpc) is 3.28. The lowest BCUT2D eigenvalue weighted by atomic mass is 10.2. The summed E-state index contributed by atoms with van der Waals surface area (Å²) in [6, 6.07) is 32.3. The molecule has 8 rings (SSSR count). The third-order valence-electron chi connectivity index (χ3n) is 9.91. The van der Waals surface area contributed by atoms with E-state index in [2.05, 4.69) is 27.1 Å². The van der Waals surface area contributed by atoms with Gasteiger partial charge in [0.05, 0.1) is 46.0 Å². The molecule has 4 aromatic carbocycles. The molecule has 0 saturated heterocycles. The van der Waals surface area contributed by atoms with E-state index in [0.29, 0.717) is 56.6 Å². The number of amides is 4. The smallest absolute Gasteiger partial charge is 0.288 e. The summed E-state index contributed by atoms with van der Waals surface area (Å²) in [7, 11) is -7.34. The lowest BCUT2D eigenvalue weighted by molar-refractivity contribution is 0.249. The van der Waals surface area contributed by atoms with Gasteiger partial charge in [-0.1, -0.05) is 120 Å². The zero-order chi connectivity index (χ0) is 45.4. The van der Waals surface area contributed by atoms with Crippen LogP contribution >= 0.6 is 46.7 Å². The number of fused-ring (bicyclic) bond motifs is 2. The van der Waals surface area contributed by atoms with Crippen molar-refractivity contribution in [2.24, 2.45) is 0 Å². The van der Waals surface area contributed by atoms with E-state index in [1.807, 2.05) is 48.9 Å². The monoisotopic (exact) mass is 976 g/mol. The molecule has 0 fully saturated rings. The first-order chi connectivity index (χ1) is 30.7. The molecule has 4 amide bonds. The summed E-state index contributed by atoms with van der Waals surface area (Å²) in [4.78, 5) is 50.3. The number of rotatable bonds is 14. The molecule has 0 spiro atoms. The van der Waals surface area contributed by atoms with E-state index in [-0.39, 0.29) is 36.4 Å². The summed E-state index contributed by atoms with van der Waals surface area (Å²) < 4.78 is 49.6. The van der Waals surface area contributed by atoms with Crippen LogP contribution in [0.5, 0.6) is 0 Å². The van der Waals surface area contributed by atoms with Crippen molar-refractivity contribution in [1.82, 2.24) is 19.9 Å². The molecule has 332 valence electrons. The molecule has 14 nitrogen and oxygen atoms in total. The van der Waals surface area contributed by atoms with Crippen molar-refractivity contribution in [3.8, 4) is 0 Å². The number of sulfone groups is 2. The minimum absolute atomic E-state index is 0.0479. The molecule has 0 radical (unpaired) electrons. The van der Waals surface area contributed by atoms with Gasteiger partial charge in [-0.2, -0.15) is 11.8 Å². The number of halogens is 2. The number of carbonyl (C=O) groups excluding carboxylic acids is 2. The zero-order valence-corrected chi connectivity index (χ0v) is 39.4. The number of anilines is 4. The Hall–Kier alpha value is -5.24. The van der Waals surface area contributed by atoms with E-state index in [1.165, 1.54) is 16.7 Å². The number of para-hydroxylation sites is 2. The molecular weight excluding hydrogens is 936 g/mol. The number of hydrogen-bond donors (Lipinski definition) is 0. The maximum absolute atomic E-state index is 13.4. The van der Waals surface area contributed by atoms with Gasteiger partial charge >= 0.3 is 12.1 Å². The Kier molecular flexibility index (Phi) is 15.1. The van der Waals surface area contributed by atoms with Crippen molar-refractivity contribution in [2.75, 3.05) is 56.7 Å². The Labute approximate surface area is 390 Å². The Morgan fingerprint density at radius 2 is 1.14 bits per heavy atom. The van der Waals surface area contributed by atoms with Gasteiger partial charge in [0.25, 0.3) is 0 Å². The van der Waals surface area contributed by atoms with E-state index >= 15 is 0 Å². The highest BCUT2D eigenvalue weighted by Crippen LogP contribution is 2.36. The van der Waals surface area contributed by atoms with Gasteiger partial charge in [-0.3, -0.25) is 19.6 Å². The van der Waals surface area contributed by atoms with Crippen LogP contribution in [0.25, 0.3) is 0 Å². The van der Waals surface area contributed by atoms with Gasteiger partial charge in [0.2, 0.25) is 15.0 Å². The fourth-order valence-corrected chi connectivity index (χ4v) is 10.1. The summed E-state index contributed by atoms with van der Waals surface area (Å²) in [6.07, 6.45) is 6.27. The van der Waals surface area contributed by atoms with E-state index in [1.54, 1.807) is 94.0 Å². The molecule has 0 atom stereocenters. The molecule has 0 N–H and O–H groups in total. The van der Waals surface area contributed by atoms with Gasteiger partial charge in [0.15, 0.2) is 5.16 Å². The first-order valence-corrected chi connectivity index (χ1v) is 26.6. The van der Waals surface area contributed by atoms with Crippen LogP contribution in [-0.2, 0) is 44.3 Å². The van der Waals surface area contributed by atoms with Gasteiger partial charge < -0.3 is 0 Å². The predicted octanol–water partition coefficient (Wildman–Crippen LogP) is 8.83. The highest BCUT2D eigenvalue weighted by Gasteiger charge is 2.36. The highest BCUT2D eigenvalue weighted by atomic mass is 35.5. The minimum atomic E-state index is -3.92. The molecule has 20 heteroatoms. The summed E-state index contributed by atoms with van der Waals surface area (Å²) in [5.41, 5.74) is 4.30. The molecule has 2 aromatic heterocycles. The molecular formula is C44H42Cl2N8O6S4. The van der Waals surface area contributed by atoms with E-state index in [4.69, 9.17) is 28.2 Å². The van der Waals surface area contributed by atoms with Crippen molar-refractivity contribution in [3.63, 3.8) is 0 Å². The molecule has 4 heterocycles. The maximum atomic E-state index is 13.4. The molecule has 2 aliphatic rings. The summed E-state index contributed by atoms with van der Waals surface area (Å²) in [6.45, 7) is 0.818. The van der Waals surface area contributed by atoms with Crippen LogP contribution in [-0.4, -0.2) is 85.9 Å². The van der Waals surface area contributed by atoms with Gasteiger partial charge in [-0.15, -0.1) is 0 Å². The third kappa shape index (κ3) is 11.3. The number of thioether (sulfide) groups is 2. The minimum Gasteiger partial charge on any atom is -0.288 e. The Morgan fingerprint density at radius 3 is 1.69 bits per heavy atom. The first-order valence-electron chi connectivity index (χ1n) is 19.7. The zero-order valence-electron chi connectivity index (χ0n) is 34.6. The van der Waals surface area contributed by atoms with E-state index in [9.17, 15) is 26.4 Å². The fourth-order valence-electron chi connectivity index (χ4n) is 6.76. The standard InChI is InChI=1S/C22H21ClN4O5S2.C22H21ClN4OS2/c1-33(29,30)12-11-26-20-17(14-27(22(26)28)19-10-6-5-9-18(19)23)13-24-21(25-20)34(31,32)15-16-7-3-2-4-8-16;1-29-12-11-26-20-17(14-27(22(26)28)19-10-6-5-9-18(19)23)13-24-21(25-20)30-15-16-7-3-2-4-8-16/h2-10,13H,11-12,14-15H2,1H3;2-10,13H,11-12,14-15H2,1H3. The lowest BCUT2D eigenvalue weighted by Crippen LogP contribution is -2.49. The van der Waals surface area contributed by atoms with Gasteiger partial charge in [-0.05, 0) is 41.6 Å². The van der Waals surface area contributed by atoms with Crippen LogP contribution in [0.1, 0.15) is 22.3 Å². The summed E-state index contributed by atoms with van der Waals surface area (Å²) >= 11 is 15.9. The van der Waals surface area contributed by atoms with Crippen molar-refractivity contribution in [1.29, 1.82) is 0 Å². The van der Waals surface area contributed by atoms with Gasteiger partial charge in [-0.25, -0.2) is 46.4 Å². The normalized spacial score (nSPS) is 13.9. The number of benzene rings is 4. The second-order valence-electron chi connectivity index (χ2n) is 14.6. The van der Waals surface area contributed by atoms with Crippen LogP contribution in [0, 0.1) is 0 Å². The molecule has 0 unspecified atom stereocenters. The molecule has 0 aliphatic carbocycles. The third-order valence-corrected chi connectivity index (χ3v) is 14.5.